The van der Waals surface area contributed by atoms with E-state index in [-0.39, 0.29) is 0 Å². The number of hydrogen-bond donors (Lipinski definition) is 1. The Morgan fingerprint density at radius 2 is 2.20 bits per heavy atom. The Morgan fingerprint density at radius 3 is 2.80 bits per heavy atom. The third-order valence-electron chi connectivity index (χ3n) is 2.68. The smallest absolute Gasteiger partial charge is 0.0178 e. The van der Waals surface area contributed by atoms with E-state index in [1.165, 1.54) is 29.3 Å². The van der Waals surface area contributed by atoms with E-state index in [1.54, 1.807) is 0 Å². The monoisotopic (exact) mass is 269 g/mol. The third-order valence-corrected chi connectivity index (χ3v) is 3.17. The molecule has 0 spiro atoms. The first-order valence-corrected chi connectivity index (χ1v) is 6.47. The summed E-state index contributed by atoms with van der Waals surface area (Å²) in [6.45, 7) is 3.31. The fourth-order valence-electron chi connectivity index (χ4n) is 1.84. The first kappa shape index (κ1) is 12.7. The molecule has 0 aliphatic heterocycles. The van der Waals surface area contributed by atoms with Crippen molar-refractivity contribution >= 4 is 15.9 Å². The zero-order valence-electron chi connectivity index (χ0n) is 9.59. The summed E-state index contributed by atoms with van der Waals surface area (Å²) in [5, 5.41) is 3.28. The summed E-state index contributed by atoms with van der Waals surface area (Å²) in [6.07, 6.45) is 3.85. The highest BCUT2D eigenvalue weighted by Crippen LogP contribution is 2.24. The number of nitrogens with one attached hydrogen (secondary N) is 1. The predicted molar refractivity (Wildman–Crippen MR) is 70.3 cm³/mol. The van der Waals surface area contributed by atoms with Gasteiger partial charge in [0, 0.05) is 11.0 Å². The average Bonchev–Trinajstić information content (AvgIpc) is 2.24. The molecule has 1 rings (SSSR count). The third kappa shape index (κ3) is 4.35. The largest absolute Gasteiger partial charge is 0.319 e. The van der Waals surface area contributed by atoms with Gasteiger partial charge in [0.05, 0.1) is 0 Å². The molecule has 1 nitrogen and oxygen atoms in total. The molecule has 0 heterocycles. The molecule has 84 valence electrons. The number of rotatable bonds is 6. The van der Waals surface area contributed by atoms with Crippen LogP contribution in [-0.2, 0) is 0 Å². The van der Waals surface area contributed by atoms with Crippen LogP contribution in [0, 0.1) is 0 Å². The van der Waals surface area contributed by atoms with Crippen LogP contribution >= 0.6 is 15.9 Å². The van der Waals surface area contributed by atoms with Gasteiger partial charge in [0.2, 0.25) is 0 Å². The van der Waals surface area contributed by atoms with Gasteiger partial charge in [-0.1, -0.05) is 47.8 Å². The van der Waals surface area contributed by atoms with E-state index in [2.05, 4.69) is 52.4 Å². The van der Waals surface area contributed by atoms with Gasteiger partial charge in [0.25, 0.3) is 0 Å². The van der Waals surface area contributed by atoms with Crippen LogP contribution in [0.1, 0.15) is 37.7 Å². The summed E-state index contributed by atoms with van der Waals surface area (Å²) in [7, 11) is 2.02. The van der Waals surface area contributed by atoms with E-state index in [0.717, 1.165) is 6.54 Å². The lowest BCUT2D eigenvalue weighted by atomic mass is 9.94. The van der Waals surface area contributed by atoms with Crippen LogP contribution < -0.4 is 5.32 Å². The van der Waals surface area contributed by atoms with Crippen molar-refractivity contribution in [3.63, 3.8) is 0 Å². The predicted octanol–water partition coefficient (Wildman–Crippen LogP) is 3.94. The van der Waals surface area contributed by atoms with Gasteiger partial charge >= 0.3 is 0 Å². The normalized spacial score (nSPS) is 12.7. The van der Waals surface area contributed by atoms with Gasteiger partial charge in [-0.25, -0.2) is 0 Å². The molecular weight excluding hydrogens is 250 g/mol. The summed E-state index contributed by atoms with van der Waals surface area (Å²) >= 11 is 3.53. The molecule has 1 unspecified atom stereocenters. The van der Waals surface area contributed by atoms with Gasteiger partial charge in [0.15, 0.2) is 0 Å². The van der Waals surface area contributed by atoms with Crippen LogP contribution in [0.25, 0.3) is 0 Å². The van der Waals surface area contributed by atoms with Crippen LogP contribution in [0.5, 0.6) is 0 Å². The fraction of sp³-hybridized carbons (Fsp3) is 0.538. The van der Waals surface area contributed by atoms with Crippen molar-refractivity contribution in [1.82, 2.24) is 5.32 Å². The van der Waals surface area contributed by atoms with Crippen molar-refractivity contribution in [2.75, 3.05) is 13.6 Å². The van der Waals surface area contributed by atoms with Crippen molar-refractivity contribution in [2.24, 2.45) is 0 Å². The summed E-state index contributed by atoms with van der Waals surface area (Å²) in [4.78, 5) is 0. The minimum absolute atomic E-state index is 0.646. The lowest BCUT2D eigenvalue weighted by Gasteiger charge is -2.16. The average molecular weight is 270 g/mol. The molecule has 0 saturated carbocycles. The van der Waals surface area contributed by atoms with Gasteiger partial charge in [-0.2, -0.15) is 0 Å². The topological polar surface area (TPSA) is 12.0 Å². The molecule has 15 heavy (non-hydrogen) atoms. The van der Waals surface area contributed by atoms with E-state index < -0.39 is 0 Å². The Labute approximate surface area is 101 Å². The fourth-order valence-corrected chi connectivity index (χ4v) is 2.26. The Balaban J connectivity index is 2.69. The number of benzene rings is 1. The molecule has 2 heteroatoms. The number of likely N-dealkylation sites (N-methyl/N-ethyl adjacent to an activating group) is 1. The lowest BCUT2D eigenvalue weighted by Crippen LogP contribution is -2.17. The summed E-state index contributed by atoms with van der Waals surface area (Å²) in [5.74, 6) is 0.646. The van der Waals surface area contributed by atoms with E-state index in [4.69, 9.17) is 0 Å². The maximum absolute atomic E-state index is 3.53. The molecule has 1 N–H and O–H groups in total. The Morgan fingerprint density at radius 1 is 1.40 bits per heavy atom. The minimum atomic E-state index is 0.646. The molecule has 0 aromatic heterocycles. The highest BCUT2D eigenvalue weighted by molar-refractivity contribution is 9.10. The maximum atomic E-state index is 3.53. The molecule has 0 amide bonds. The lowest BCUT2D eigenvalue weighted by molar-refractivity contribution is 0.555. The van der Waals surface area contributed by atoms with E-state index in [9.17, 15) is 0 Å². The second kappa shape index (κ2) is 7.02. The molecule has 1 aromatic rings. The standard InChI is InChI=1S/C13H20BrN/c1-3-4-6-12(10-15-2)11-7-5-8-13(14)9-11/h5,7-9,12,15H,3-4,6,10H2,1-2H3. The van der Waals surface area contributed by atoms with Crippen LogP contribution in [0.3, 0.4) is 0 Å². The first-order chi connectivity index (χ1) is 7.27. The highest BCUT2D eigenvalue weighted by Gasteiger charge is 2.09. The number of hydrogen-bond acceptors (Lipinski definition) is 1. The SMILES string of the molecule is CCCCC(CNC)c1cccc(Br)c1. The van der Waals surface area contributed by atoms with Crippen LogP contribution in [0.15, 0.2) is 28.7 Å². The summed E-state index contributed by atoms with van der Waals surface area (Å²) < 4.78 is 1.18. The molecular formula is C13H20BrN. The van der Waals surface area contributed by atoms with Gasteiger partial charge in [-0.05, 0) is 37.1 Å². The second-order valence-electron chi connectivity index (χ2n) is 3.95. The van der Waals surface area contributed by atoms with Gasteiger partial charge in [-0.15, -0.1) is 0 Å². The van der Waals surface area contributed by atoms with Gasteiger partial charge < -0.3 is 5.32 Å². The maximum Gasteiger partial charge on any atom is 0.0178 e. The Hall–Kier alpha value is -0.340. The van der Waals surface area contributed by atoms with E-state index in [1.807, 2.05) is 7.05 Å². The van der Waals surface area contributed by atoms with Crippen molar-refractivity contribution in [3.8, 4) is 0 Å². The molecule has 1 aromatic carbocycles. The Bertz CT molecular complexity index is 286. The number of unbranched alkanes of at least 4 members (excludes halogenated alkanes) is 1. The second-order valence-corrected chi connectivity index (χ2v) is 4.87. The molecule has 0 aliphatic carbocycles. The van der Waals surface area contributed by atoms with Crippen molar-refractivity contribution in [1.29, 1.82) is 0 Å². The van der Waals surface area contributed by atoms with E-state index >= 15 is 0 Å². The molecule has 0 fully saturated rings. The molecule has 0 aliphatic rings. The van der Waals surface area contributed by atoms with Crippen molar-refractivity contribution in [2.45, 2.75) is 32.1 Å². The first-order valence-electron chi connectivity index (χ1n) is 5.68. The number of halogens is 1. The molecule has 1 atom stereocenters. The van der Waals surface area contributed by atoms with Gasteiger partial charge in [0.1, 0.15) is 0 Å². The molecule has 0 bridgehead atoms. The van der Waals surface area contributed by atoms with E-state index in [0.29, 0.717) is 5.92 Å². The summed E-state index contributed by atoms with van der Waals surface area (Å²) in [6, 6.07) is 8.66. The Kier molecular flexibility index (Phi) is 5.96. The highest BCUT2D eigenvalue weighted by atomic mass is 79.9. The van der Waals surface area contributed by atoms with Crippen LogP contribution in [0.4, 0.5) is 0 Å². The summed E-state index contributed by atoms with van der Waals surface area (Å²) in [5.41, 5.74) is 1.44. The molecule has 0 saturated heterocycles. The van der Waals surface area contributed by atoms with Crippen molar-refractivity contribution in [3.05, 3.63) is 34.3 Å². The quantitative estimate of drug-likeness (QED) is 0.825. The zero-order valence-corrected chi connectivity index (χ0v) is 11.2. The van der Waals surface area contributed by atoms with Gasteiger partial charge in [-0.3, -0.25) is 0 Å². The zero-order chi connectivity index (χ0) is 11.1. The van der Waals surface area contributed by atoms with Crippen molar-refractivity contribution < 1.29 is 0 Å². The molecule has 0 radical (unpaired) electrons. The minimum Gasteiger partial charge on any atom is -0.319 e. The van der Waals surface area contributed by atoms with Crippen LogP contribution in [-0.4, -0.2) is 13.6 Å². The van der Waals surface area contributed by atoms with Crippen LogP contribution in [0.2, 0.25) is 0 Å².